The molecule has 0 atom stereocenters. The summed E-state index contributed by atoms with van der Waals surface area (Å²) in [6.45, 7) is 2.35. The molecular formula is C61H59Ac2F18N11O16S-2. The molecule has 0 aliphatic carbocycles. The molecule has 6 aromatic carbocycles. The molecule has 27 nitrogen and oxygen atoms in total. The number of nitrogen functional groups attached to an aromatic ring is 3. The topological polar surface area (TPSA) is 484 Å². The molecule has 2 radical (unpaired) electrons. The van der Waals surface area contributed by atoms with Crippen LogP contribution in [0.4, 0.5) is 119 Å². The fourth-order valence-corrected chi connectivity index (χ4v) is 6.88. The number of alkyl halides is 18. The number of anilines is 4. The van der Waals surface area contributed by atoms with Crippen molar-refractivity contribution in [1.82, 2.24) is 20.6 Å². The molecule has 0 unspecified atom stereocenters. The van der Waals surface area contributed by atoms with E-state index in [0.717, 1.165) is 29.5 Å². The fourth-order valence-electron chi connectivity index (χ4n) is 6.88. The van der Waals surface area contributed by atoms with Crippen molar-refractivity contribution in [2.45, 2.75) is 77.6 Å². The van der Waals surface area contributed by atoms with Gasteiger partial charge in [-0.1, -0.05) is 81.9 Å². The van der Waals surface area contributed by atoms with Crippen molar-refractivity contribution in [3.63, 3.8) is 0 Å². The summed E-state index contributed by atoms with van der Waals surface area (Å²) in [7, 11) is -4.67. The average Bonchev–Trinajstić information content (AvgIpc) is 0.796. The van der Waals surface area contributed by atoms with Crippen LogP contribution in [0.5, 0.6) is 0 Å². The van der Waals surface area contributed by atoms with E-state index >= 15 is 0 Å². The van der Waals surface area contributed by atoms with Crippen LogP contribution in [0.3, 0.4) is 0 Å². The maximum absolute atomic E-state index is 12.7. The van der Waals surface area contributed by atoms with E-state index in [1.807, 2.05) is 30.3 Å². The van der Waals surface area contributed by atoms with Gasteiger partial charge in [0.05, 0.1) is 28.0 Å². The zero-order valence-corrected chi connectivity index (χ0v) is 64.7. The van der Waals surface area contributed by atoms with Crippen molar-refractivity contribution in [3.05, 3.63) is 227 Å². The molecule has 109 heavy (non-hydrogen) atoms. The van der Waals surface area contributed by atoms with Crippen LogP contribution in [0.25, 0.3) is 44.2 Å². The first-order chi connectivity index (χ1) is 48.5. The molecule has 0 bridgehead atoms. The molecule has 48 heteroatoms. The van der Waals surface area contributed by atoms with Gasteiger partial charge in [-0.05, 0) is 72.4 Å². The number of ketones is 3. The van der Waals surface area contributed by atoms with Gasteiger partial charge in [0, 0.05) is 187 Å². The number of rotatable bonds is 7. The Balaban J connectivity index is -0.000000578. The number of hydrogen-bond donors (Lipinski definition) is 12. The number of non-ortho nitro benzene ring substituents is 1. The average molecular weight is 2030 g/mol. The van der Waals surface area contributed by atoms with Gasteiger partial charge in [0.15, 0.2) is 0 Å². The number of aromatic amines is 3. The number of amides is 1. The molecule has 0 aliphatic heterocycles. The predicted octanol–water partition coefficient (Wildman–Crippen LogP) is 15.6. The molecule has 1 amide bonds. The number of nitrogens with two attached hydrogens (primary N) is 3. The van der Waals surface area contributed by atoms with Gasteiger partial charge in [-0.15, -0.1) is 16.4 Å². The van der Waals surface area contributed by atoms with E-state index in [9.17, 15) is 123 Å². The number of pyridine rings is 3. The Morgan fingerprint density at radius 1 is 0.495 bits per heavy atom. The molecule has 0 fully saturated rings. The second kappa shape index (κ2) is 48.6. The third-order valence-corrected chi connectivity index (χ3v) is 11.4. The zero-order valence-electron chi connectivity index (χ0n) is 54.4. The minimum absolute atomic E-state index is 0. The summed E-state index contributed by atoms with van der Waals surface area (Å²) in [6, 6.07) is 35.8. The number of para-hydroxylation sites is 2. The number of nitrogens with zero attached hydrogens (tertiary/aromatic N) is 1. The van der Waals surface area contributed by atoms with Crippen molar-refractivity contribution in [3.8, 4) is 0 Å². The number of hydrogen-bond acceptors (Lipinski definition) is 18. The van der Waals surface area contributed by atoms with Crippen LogP contribution in [0.15, 0.2) is 172 Å². The maximum Gasteiger partial charge on any atom is 0.450 e. The largest absolute Gasteiger partial charge is 0.699 e. The van der Waals surface area contributed by atoms with Crippen molar-refractivity contribution < 1.29 is 224 Å². The van der Waals surface area contributed by atoms with E-state index in [1.165, 1.54) is 74.5 Å². The third-order valence-electron chi connectivity index (χ3n) is 11.4. The summed E-state index contributed by atoms with van der Waals surface area (Å²) in [5.41, 5.74) is 28.2. The predicted molar refractivity (Wildman–Crippen MR) is 352 cm³/mol. The maximum atomic E-state index is 12.7. The van der Waals surface area contributed by atoms with Gasteiger partial charge < -0.3 is 48.9 Å². The summed E-state index contributed by atoms with van der Waals surface area (Å²) in [5.74, 6) is -6.47. The molecule has 17 N–H and O–H groups in total. The monoisotopic (exact) mass is 2030 g/mol. The minimum Gasteiger partial charge on any atom is -0.699 e. The van der Waals surface area contributed by atoms with Gasteiger partial charge in [0.1, 0.15) is 0 Å². The number of fused-ring (bicyclic) bond motifs is 3. The van der Waals surface area contributed by atoms with Crippen LogP contribution >= 0.6 is 0 Å². The number of nitro benzene ring substituents is 1. The van der Waals surface area contributed by atoms with Crippen LogP contribution in [0, 0.1) is 98.2 Å². The SMILES string of the molecule is C.CCC(=O)C(F)(F)F.CCC(=O)C(F)(F)F.Nc1ccc2[nH]c(=O)cc(C(F)(F)F)c2c1.Nc1ccccc1.O=S(=O)(O)O.O=c1cc(C(F)(F)F)c2cc([N+](=O)[O-])ccc2[nH]1.O=c1cc(C(F)(F)F)c2ccccc2[nH]1.ONOO.[Ac].[Ac].[NH-]c1ccc(N)cc1.[NH-]c1ccc(NC(=O)CC(=O)C(F)(F)F)cc1. The molecule has 0 saturated heterocycles. The molecular weight excluding hydrogens is 1970 g/mol. The molecule has 9 rings (SSSR count). The van der Waals surface area contributed by atoms with Crippen molar-refractivity contribution in [2.75, 3.05) is 22.5 Å². The zero-order chi connectivity index (χ0) is 82.1. The summed E-state index contributed by atoms with van der Waals surface area (Å²) in [5, 5.41) is 26.3. The van der Waals surface area contributed by atoms with E-state index in [-0.39, 0.29) is 140 Å². The third kappa shape index (κ3) is 44.4. The number of carbonyl (C=O) groups excluding carboxylic acids is 4. The summed E-state index contributed by atoms with van der Waals surface area (Å²) >= 11 is 0. The van der Waals surface area contributed by atoms with Crippen LogP contribution in [-0.4, -0.2) is 89.6 Å². The number of carbonyl (C=O) groups is 4. The standard InChI is InChI=1S/C10H5F3N2O3.C10H8F3N2O2.C10H7F3N2O.C10H6F3NO.C6H7N2.C6H7N.2C4H5F3O.CH4.2Ac.H3NO3.H2O4S/c11-10(12,13)7-4-9(16)14-8-2-1-5(15(17)18)3-6(7)8;11-10(12,13)8(16)5-9(17)15-7-3-1-6(14)2-4-7;11-10(12,13)7-4-9(16)15-8-2-1-5(14)3-6(7)8;11-10(12,13)7-5-9(15)14-8-4-2-1-3-6(7)8;7-5-1-2-6(8)4-3-5;7-6-4-2-1-3-5-6;2*1-2-3(8)4(5,6)7;;;;2-1-4-3;1-5(2,3)4/h1-4H,(H,14,16);1-4,14H,5H2,(H,15,17);1-4H,14H2,(H,15,16);1-5H,(H,14,15);1-4,7H,8H2;1-5H,7H2;2*2H2,1H3;1H4;;;1-3H;(H2,1,2,3,4)/q;-1;;;-1;;;;;;;;. The first-order valence-corrected chi connectivity index (χ1v) is 29.2. The van der Waals surface area contributed by atoms with Gasteiger partial charge in [-0.3, -0.25) is 58.0 Å². The van der Waals surface area contributed by atoms with Crippen LogP contribution in [-0.2, 0) is 53.1 Å². The first kappa shape index (κ1) is 107. The number of halogens is 18. The molecule has 594 valence electrons. The fraction of sp³-hybridized carbons (Fsp3) is 0.197. The van der Waals surface area contributed by atoms with Crippen LogP contribution in [0.1, 0.15) is 57.2 Å². The van der Waals surface area contributed by atoms with E-state index < -0.39 is 139 Å². The van der Waals surface area contributed by atoms with Gasteiger partial charge in [0.2, 0.25) is 39.9 Å². The Hall–Kier alpha value is -8.84. The Kier molecular flexibility index (Phi) is 47.5. The van der Waals surface area contributed by atoms with Crippen LogP contribution in [0.2, 0.25) is 0 Å². The van der Waals surface area contributed by atoms with Crippen molar-refractivity contribution in [2.24, 2.45) is 0 Å². The Morgan fingerprint density at radius 2 is 0.807 bits per heavy atom. The molecule has 0 aliphatic rings. The van der Waals surface area contributed by atoms with Gasteiger partial charge in [-0.25, -0.2) is 5.26 Å². The van der Waals surface area contributed by atoms with Crippen molar-refractivity contribution in [1.29, 1.82) is 0 Å². The quantitative estimate of drug-likeness (QED) is 0.0134. The number of H-pyrrole nitrogens is 3. The van der Waals surface area contributed by atoms with Gasteiger partial charge in [-0.2, -0.15) is 87.4 Å². The van der Waals surface area contributed by atoms with E-state index in [4.69, 9.17) is 56.7 Å². The second-order valence-corrected chi connectivity index (χ2v) is 20.3. The van der Waals surface area contributed by atoms with Gasteiger partial charge >= 0.3 is 47.5 Å². The molecule has 0 spiro atoms. The number of Topliss-reactive ketones (excluding diaryl/α,β-unsaturated/α-hetero) is 3. The number of aromatic nitrogens is 3. The van der Waals surface area contributed by atoms with Gasteiger partial charge in [0.25, 0.3) is 5.69 Å². The summed E-state index contributed by atoms with van der Waals surface area (Å²) < 4.78 is 247. The normalized spacial score (nSPS) is 10.8. The Bertz CT molecular complexity index is 4600. The molecule has 0 saturated carbocycles. The first-order valence-electron chi connectivity index (χ1n) is 27.8. The Labute approximate surface area is 672 Å². The van der Waals surface area contributed by atoms with E-state index in [0.29, 0.717) is 29.6 Å². The van der Waals surface area contributed by atoms with Crippen molar-refractivity contribution >= 4 is 106 Å². The van der Waals surface area contributed by atoms with E-state index in [2.05, 4.69) is 25.3 Å². The summed E-state index contributed by atoms with van der Waals surface area (Å²) in [6.07, 6.45) is -30.3. The minimum atomic E-state index is -5.00. The van der Waals surface area contributed by atoms with E-state index in [1.54, 1.807) is 30.3 Å². The number of nitro groups is 1. The van der Waals surface area contributed by atoms with Crippen LogP contribution < -0.4 is 44.8 Å². The smallest absolute Gasteiger partial charge is 0.450 e. The number of nitrogens with one attached hydrogen (secondary N) is 7. The molecule has 3 heterocycles. The molecule has 9 aromatic rings. The summed E-state index contributed by atoms with van der Waals surface area (Å²) in [4.78, 5) is 93.5. The Morgan fingerprint density at radius 3 is 1.12 bits per heavy atom. The number of benzene rings is 6. The molecule has 3 aromatic heterocycles. The second-order valence-electron chi connectivity index (χ2n) is 19.4.